The van der Waals surface area contributed by atoms with Crippen LogP contribution in [0.1, 0.15) is 24.4 Å². The highest BCUT2D eigenvalue weighted by Crippen LogP contribution is 2.31. The predicted octanol–water partition coefficient (Wildman–Crippen LogP) is 3.76. The SMILES string of the molecule is O=C(O[C@H]1CN2CCC1CC2)C(Nc1cc(F)ccc1F)c1ccccc1. The van der Waals surface area contributed by atoms with E-state index in [2.05, 4.69) is 10.2 Å². The van der Waals surface area contributed by atoms with Gasteiger partial charge in [0.15, 0.2) is 6.04 Å². The molecule has 2 atom stereocenters. The van der Waals surface area contributed by atoms with E-state index in [1.54, 1.807) is 24.3 Å². The molecule has 5 rings (SSSR count). The molecule has 1 N–H and O–H groups in total. The zero-order valence-electron chi connectivity index (χ0n) is 14.9. The summed E-state index contributed by atoms with van der Waals surface area (Å²) in [7, 11) is 0. The molecule has 3 saturated heterocycles. The molecule has 3 fully saturated rings. The number of benzene rings is 2. The van der Waals surface area contributed by atoms with Gasteiger partial charge in [-0.3, -0.25) is 4.90 Å². The molecule has 4 nitrogen and oxygen atoms in total. The van der Waals surface area contributed by atoms with Crippen LogP contribution in [0.5, 0.6) is 0 Å². The van der Waals surface area contributed by atoms with Crippen LogP contribution in [0.2, 0.25) is 0 Å². The molecule has 2 bridgehead atoms. The Morgan fingerprint density at radius 1 is 1.11 bits per heavy atom. The summed E-state index contributed by atoms with van der Waals surface area (Å²) in [4.78, 5) is 15.3. The Balaban J connectivity index is 1.56. The smallest absolute Gasteiger partial charge is 0.333 e. The Bertz CT molecular complexity index is 807. The number of fused-ring (bicyclic) bond motifs is 3. The molecule has 6 heteroatoms. The minimum Gasteiger partial charge on any atom is -0.459 e. The number of hydrogen-bond acceptors (Lipinski definition) is 4. The molecular formula is C21H22F2N2O2. The van der Waals surface area contributed by atoms with Crippen LogP contribution in [0.4, 0.5) is 14.5 Å². The van der Waals surface area contributed by atoms with E-state index in [9.17, 15) is 13.6 Å². The van der Waals surface area contributed by atoms with E-state index < -0.39 is 23.6 Å². The van der Waals surface area contributed by atoms with E-state index in [-0.39, 0.29) is 11.8 Å². The van der Waals surface area contributed by atoms with Gasteiger partial charge in [-0.25, -0.2) is 13.6 Å². The monoisotopic (exact) mass is 372 g/mol. The summed E-state index contributed by atoms with van der Waals surface area (Å²) in [6.45, 7) is 2.84. The minimum absolute atomic E-state index is 0.0604. The molecule has 3 aliphatic rings. The van der Waals surface area contributed by atoms with Crippen molar-refractivity contribution in [2.45, 2.75) is 25.0 Å². The Labute approximate surface area is 157 Å². The van der Waals surface area contributed by atoms with Gasteiger partial charge in [-0.2, -0.15) is 0 Å². The molecule has 0 spiro atoms. The van der Waals surface area contributed by atoms with E-state index in [4.69, 9.17) is 4.74 Å². The van der Waals surface area contributed by atoms with Crippen LogP contribution in [0.25, 0.3) is 0 Å². The summed E-state index contributed by atoms with van der Waals surface area (Å²) in [6.07, 6.45) is 1.91. The van der Waals surface area contributed by atoms with E-state index in [0.717, 1.165) is 50.7 Å². The summed E-state index contributed by atoms with van der Waals surface area (Å²) in [5, 5.41) is 2.83. The number of piperidine rings is 3. The van der Waals surface area contributed by atoms with Gasteiger partial charge in [0, 0.05) is 6.54 Å². The minimum atomic E-state index is -0.905. The van der Waals surface area contributed by atoms with E-state index >= 15 is 0 Å². The molecule has 2 aromatic rings. The molecular weight excluding hydrogens is 350 g/mol. The van der Waals surface area contributed by atoms with Crippen LogP contribution in [0.3, 0.4) is 0 Å². The van der Waals surface area contributed by atoms with Gasteiger partial charge in [0.2, 0.25) is 0 Å². The lowest BCUT2D eigenvalue weighted by Crippen LogP contribution is -2.52. The molecule has 0 saturated carbocycles. The van der Waals surface area contributed by atoms with Crippen LogP contribution in [-0.4, -0.2) is 36.6 Å². The van der Waals surface area contributed by atoms with Crippen LogP contribution >= 0.6 is 0 Å². The molecule has 0 aliphatic carbocycles. The normalized spacial score (nSPS) is 25.0. The fraction of sp³-hybridized carbons (Fsp3) is 0.381. The van der Waals surface area contributed by atoms with Gasteiger partial charge in [0.1, 0.15) is 17.7 Å². The van der Waals surface area contributed by atoms with Crippen molar-refractivity contribution in [3.8, 4) is 0 Å². The average Bonchev–Trinajstić information content (AvgIpc) is 2.70. The molecule has 3 aliphatic heterocycles. The maximum Gasteiger partial charge on any atom is 0.333 e. The topological polar surface area (TPSA) is 41.6 Å². The summed E-state index contributed by atoms with van der Waals surface area (Å²) < 4.78 is 33.5. The van der Waals surface area contributed by atoms with Gasteiger partial charge < -0.3 is 10.1 Å². The van der Waals surface area contributed by atoms with E-state index in [1.807, 2.05) is 6.07 Å². The quantitative estimate of drug-likeness (QED) is 0.812. The number of carbonyl (C=O) groups excluding carboxylic acids is 1. The van der Waals surface area contributed by atoms with Crippen molar-refractivity contribution < 1.29 is 18.3 Å². The molecule has 0 aromatic heterocycles. The van der Waals surface area contributed by atoms with Crippen molar-refractivity contribution in [3.63, 3.8) is 0 Å². The zero-order valence-corrected chi connectivity index (χ0v) is 14.9. The van der Waals surface area contributed by atoms with Gasteiger partial charge in [-0.05, 0) is 55.6 Å². The fourth-order valence-electron chi connectivity index (χ4n) is 3.95. The van der Waals surface area contributed by atoms with Crippen molar-refractivity contribution in [3.05, 3.63) is 65.7 Å². The second-order valence-corrected chi connectivity index (χ2v) is 7.23. The fourth-order valence-corrected chi connectivity index (χ4v) is 3.95. The van der Waals surface area contributed by atoms with Crippen LogP contribution in [0, 0.1) is 17.6 Å². The van der Waals surface area contributed by atoms with Gasteiger partial charge in [0.25, 0.3) is 0 Å². The lowest BCUT2D eigenvalue weighted by molar-refractivity contribution is -0.159. The zero-order chi connectivity index (χ0) is 18.8. The third kappa shape index (κ3) is 3.95. The number of nitrogens with one attached hydrogen (secondary N) is 1. The summed E-state index contributed by atoms with van der Waals surface area (Å²) >= 11 is 0. The number of ether oxygens (including phenoxy) is 1. The highest BCUT2D eigenvalue weighted by molar-refractivity contribution is 5.81. The Morgan fingerprint density at radius 3 is 2.52 bits per heavy atom. The Hall–Kier alpha value is -2.47. The molecule has 2 aromatic carbocycles. The van der Waals surface area contributed by atoms with Crippen LogP contribution in [0.15, 0.2) is 48.5 Å². The number of nitrogens with zero attached hydrogens (tertiary/aromatic N) is 1. The molecule has 1 unspecified atom stereocenters. The maximum atomic E-state index is 14.1. The predicted molar refractivity (Wildman–Crippen MR) is 98.2 cm³/mol. The van der Waals surface area contributed by atoms with Gasteiger partial charge in [-0.15, -0.1) is 0 Å². The molecule has 0 radical (unpaired) electrons. The van der Waals surface area contributed by atoms with Crippen LogP contribution < -0.4 is 5.32 Å². The number of esters is 1. The highest BCUT2D eigenvalue weighted by atomic mass is 19.1. The third-order valence-electron chi connectivity index (χ3n) is 5.46. The Morgan fingerprint density at radius 2 is 1.85 bits per heavy atom. The second kappa shape index (κ2) is 7.64. The first kappa shape index (κ1) is 17.9. The Kier molecular flexibility index (Phi) is 5.07. The lowest BCUT2D eigenvalue weighted by atomic mass is 9.86. The first-order valence-electron chi connectivity index (χ1n) is 9.29. The number of carbonyl (C=O) groups is 1. The first-order chi connectivity index (χ1) is 13.1. The van der Waals surface area contributed by atoms with Crippen molar-refractivity contribution in [2.75, 3.05) is 25.0 Å². The maximum absolute atomic E-state index is 14.1. The van der Waals surface area contributed by atoms with Crippen LogP contribution in [-0.2, 0) is 9.53 Å². The largest absolute Gasteiger partial charge is 0.459 e. The van der Waals surface area contributed by atoms with E-state index in [0.29, 0.717) is 11.5 Å². The third-order valence-corrected chi connectivity index (χ3v) is 5.46. The average molecular weight is 372 g/mol. The molecule has 0 amide bonds. The molecule has 27 heavy (non-hydrogen) atoms. The number of anilines is 1. The van der Waals surface area contributed by atoms with Gasteiger partial charge in [0.05, 0.1) is 5.69 Å². The van der Waals surface area contributed by atoms with Crippen molar-refractivity contribution >= 4 is 11.7 Å². The van der Waals surface area contributed by atoms with Crippen molar-refractivity contribution in [1.82, 2.24) is 4.90 Å². The first-order valence-corrected chi connectivity index (χ1v) is 9.29. The standard InChI is InChI=1S/C21H22F2N2O2/c22-16-6-7-17(23)18(12-16)24-20(15-4-2-1-3-5-15)21(26)27-19-13-25-10-8-14(19)9-11-25/h1-7,12,14,19-20,24H,8-11,13H2/t19-,20?/m0/s1. The van der Waals surface area contributed by atoms with Gasteiger partial charge >= 0.3 is 5.97 Å². The highest BCUT2D eigenvalue weighted by Gasteiger charge is 2.38. The number of halogens is 2. The summed E-state index contributed by atoms with van der Waals surface area (Å²) in [6, 6.07) is 11.2. The number of hydrogen-bond donors (Lipinski definition) is 1. The summed E-state index contributed by atoms with van der Waals surface area (Å²) in [5.74, 6) is -1.28. The lowest BCUT2D eigenvalue weighted by Gasteiger charge is -2.44. The molecule has 3 heterocycles. The second-order valence-electron chi connectivity index (χ2n) is 7.23. The van der Waals surface area contributed by atoms with Gasteiger partial charge in [-0.1, -0.05) is 30.3 Å². The molecule has 142 valence electrons. The number of rotatable bonds is 5. The summed E-state index contributed by atoms with van der Waals surface area (Å²) in [5.41, 5.74) is 0.585. The van der Waals surface area contributed by atoms with E-state index in [1.165, 1.54) is 0 Å². The van der Waals surface area contributed by atoms with Crippen molar-refractivity contribution in [1.29, 1.82) is 0 Å². The van der Waals surface area contributed by atoms with Crippen molar-refractivity contribution in [2.24, 2.45) is 5.92 Å².